The van der Waals surface area contributed by atoms with Crippen molar-refractivity contribution >= 4 is 23.1 Å². The summed E-state index contributed by atoms with van der Waals surface area (Å²) in [6.07, 6.45) is 1.44. The van der Waals surface area contributed by atoms with Crippen LogP contribution in [0.4, 0.5) is 5.69 Å². The van der Waals surface area contributed by atoms with Crippen molar-refractivity contribution in [3.05, 3.63) is 99.5 Å². The van der Waals surface area contributed by atoms with Crippen LogP contribution in [-0.2, 0) is 16.1 Å². The van der Waals surface area contributed by atoms with Gasteiger partial charge in [0.05, 0.1) is 36.0 Å². The molecule has 1 aromatic heterocycles. The monoisotopic (exact) mass is 448 g/mol. The number of rotatable bonds is 7. The van der Waals surface area contributed by atoms with E-state index in [1.165, 1.54) is 29.4 Å². The number of aliphatic hydroxyl groups excluding tert-OH is 1. The van der Waals surface area contributed by atoms with E-state index >= 15 is 0 Å². The molecule has 9 heteroatoms. The first-order valence-electron chi connectivity index (χ1n) is 10.2. The lowest BCUT2D eigenvalue weighted by molar-refractivity contribution is -0.384. The van der Waals surface area contributed by atoms with E-state index < -0.39 is 22.7 Å². The van der Waals surface area contributed by atoms with Gasteiger partial charge < -0.3 is 19.2 Å². The largest absolute Gasteiger partial charge is 0.507 e. The van der Waals surface area contributed by atoms with E-state index in [-0.39, 0.29) is 23.6 Å². The Morgan fingerprint density at radius 2 is 1.91 bits per heavy atom. The second-order valence-corrected chi connectivity index (χ2v) is 7.32. The Kier molecular flexibility index (Phi) is 5.95. The fraction of sp³-hybridized carbons (Fsp3) is 0.167. The summed E-state index contributed by atoms with van der Waals surface area (Å²) in [5, 5.41) is 22.4. The molecule has 1 atom stereocenters. The van der Waals surface area contributed by atoms with Crippen molar-refractivity contribution in [3.63, 3.8) is 0 Å². The number of nitro groups is 1. The number of amides is 1. The normalized spacial score (nSPS) is 17.4. The SMILES string of the molecule is CCOc1ccc(C(O)=C2C(=O)C(=O)N(Cc3ccco3)C2c2cccc([N+](=O)[O-])c2)cc1. The van der Waals surface area contributed by atoms with Crippen molar-refractivity contribution < 1.29 is 28.8 Å². The number of furan rings is 1. The third-order valence-electron chi connectivity index (χ3n) is 5.28. The standard InChI is InChI=1S/C24H20N2O7/c1-2-32-18-10-8-15(9-11-18)22(27)20-21(16-5-3-6-17(13-16)26(30)31)25(24(29)23(20)28)14-19-7-4-12-33-19/h3-13,21,27H,2,14H2,1H3. The molecule has 1 aliphatic rings. The van der Waals surface area contributed by atoms with Gasteiger partial charge in [-0.1, -0.05) is 12.1 Å². The van der Waals surface area contributed by atoms with Crippen LogP contribution >= 0.6 is 0 Å². The Balaban J connectivity index is 1.85. The first kappa shape index (κ1) is 21.8. The van der Waals surface area contributed by atoms with E-state index in [0.717, 1.165) is 0 Å². The predicted octanol–water partition coefficient (Wildman–Crippen LogP) is 4.21. The third-order valence-corrected chi connectivity index (χ3v) is 5.28. The predicted molar refractivity (Wildman–Crippen MR) is 117 cm³/mol. The maximum Gasteiger partial charge on any atom is 0.296 e. The van der Waals surface area contributed by atoms with Gasteiger partial charge in [-0.05, 0) is 48.9 Å². The van der Waals surface area contributed by atoms with Crippen LogP contribution in [0.15, 0.2) is 76.9 Å². The third kappa shape index (κ3) is 4.20. The van der Waals surface area contributed by atoms with Gasteiger partial charge in [0.1, 0.15) is 17.3 Å². The molecule has 1 saturated heterocycles. The molecule has 0 bridgehead atoms. The second-order valence-electron chi connectivity index (χ2n) is 7.32. The highest BCUT2D eigenvalue weighted by Gasteiger charge is 2.46. The van der Waals surface area contributed by atoms with E-state index in [1.54, 1.807) is 42.5 Å². The summed E-state index contributed by atoms with van der Waals surface area (Å²) in [5.41, 5.74) is 0.278. The summed E-state index contributed by atoms with van der Waals surface area (Å²) in [6.45, 7) is 2.26. The molecule has 0 saturated carbocycles. The van der Waals surface area contributed by atoms with Crippen molar-refractivity contribution in [2.45, 2.75) is 19.5 Å². The van der Waals surface area contributed by atoms with Crippen LogP contribution in [-0.4, -0.2) is 33.2 Å². The topological polar surface area (TPSA) is 123 Å². The van der Waals surface area contributed by atoms with E-state index in [0.29, 0.717) is 29.2 Å². The maximum atomic E-state index is 13.0. The van der Waals surface area contributed by atoms with E-state index in [2.05, 4.69) is 0 Å². The lowest BCUT2D eigenvalue weighted by atomic mass is 9.95. The highest BCUT2D eigenvalue weighted by Crippen LogP contribution is 2.41. The first-order chi connectivity index (χ1) is 15.9. The highest BCUT2D eigenvalue weighted by atomic mass is 16.6. The number of aliphatic hydroxyl groups is 1. The average Bonchev–Trinajstić information content (AvgIpc) is 3.42. The zero-order chi connectivity index (χ0) is 23.5. The highest BCUT2D eigenvalue weighted by molar-refractivity contribution is 6.46. The summed E-state index contributed by atoms with van der Waals surface area (Å²) >= 11 is 0. The molecule has 4 rings (SSSR count). The number of Topliss-reactive ketones (excluding diaryl/α,β-unsaturated/α-hetero) is 1. The summed E-state index contributed by atoms with van der Waals surface area (Å²) in [5.74, 6) is -1.09. The van der Waals surface area contributed by atoms with Crippen molar-refractivity contribution in [2.75, 3.05) is 6.61 Å². The van der Waals surface area contributed by atoms with Gasteiger partial charge in [-0.25, -0.2) is 0 Å². The van der Waals surface area contributed by atoms with Gasteiger partial charge in [0.2, 0.25) is 0 Å². The van der Waals surface area contributed by atoms with E-state index in [4.69, 9.17) is 9.15 Å². The number of carbonyl (C=O) groups is 2. The van der Waals surface area contributed by atoms with Crippen molar-refractivity contribution in [2.24, 2.45) is 0 Å². The molecule has 1 N–H and O–H groups in total. The molecular formula is C24H20N2O7. The molecule has 0 radical (unpaired) electrons. The fourth-order valence-corrected chi connectivity index (χ4v) is 3.80. The van der Waals surface area contributed by atoms with Gasteiger partial charge in [-0.3, -0.25) is 19.7 Å². The Hall–Kier alpha value is -4.40. The Morgan fingerprint density at radius 1 is 1.15 bits per heavy atom. The summed E-state index contributed by atoms with van der Waals surface area (Å²) < 4.78 is 10.7. The molecule has 0 spiro atoms. The molecular weight excluding hydrogens is 428 g/mol. The zero-order valence-corrected chi connectivity index (χ0v) is 17.6. The number of nitro benzene ring substituents is 1. The minimum atomic E-state index is -1.04. The van der Waals surface area contributed by atoms with Gasteiger partial charge >= 0.3 is 0 Å². The number of hydrogen-bond donors (Lipinski definition) is 1. The zero-order valence-electron chi connectivity index (χ0n) is 17.6. The number of benzene rings is 2. The second kappa shape index (κ2) is 8.99. The summed E-state index contributed by atoms with van der Waals surface area (Å²) in [7, 11) is 0. The number of ether oxygens (including phenoxy) is 1. The van der Waals surface area contributed by atoms with Crippen molar-refractivity contribution in [1.82, 2.24) is 4.90 Å². The van der Waals surface area contributed by atoms with Crippen LogP contribution in [0, 0.1) is 10.1 Å². The molecule has 33 heavy (non-hydrogen) atoms. The van der Waals surface area contributed by atoms with Crippen molar-refractivity contribution in [3.8, 4) is 5.75 Å². The first-order valence-corrected chi connectivity index (χ1v) is 10.2. The van der Waals surface area contributed by atoms with Crippen molar-refractivity contribution in [1.29, 1.82) is 0 Å². The Morgan fingerprint density at radius 3 is 2.55 bits per heavy atom. The van der Waals surface area contributed by atoms with Gasteiger partial charge in [-0.15, -0.1) is 0 Å². The lowest BCUT2D eigenvalue weighted by Gasteiger charge is -2.24. The minimum Gasteiger partial charge on any atom is -0.507 e. The number of carbonyl (C=O) groups excluding carboxylic acids is 2. The van der Waals surface area contributed by atoms with Crippen LogP contribution in [0.3, 0.4) is 0 Å². The summed E-state index contributed by atoms with van der Waals surface area (Å²) in [6, 6.07) is 14.3. The molecule has 1 fully saturated rings. The number of nitrogens with zero attached hydrogens (tertiary/aromatic N) is 2. The summed E-state index contributed by atoms with van der Waals surface area (Å²) in [4.78, 5) is 38.0. The molecule has 0 aliphatic carbocycles. The minimum absolute atomic E-state index is 0.0506. The van der Waals surface area contributed by atoms with Crippen LogP contribution in [0.2, 0.25) is 0 Å². The van der Waals surface area contributed by atoms with Gasteiger partial charge in [0, 0.05) is 17.7 Å². The van der Waals surface area contributed by atoms with Crippen LogP contribution in [0.5, 0.6) is 5.75 Å². The Bertz CT molecular complexity index is 1230. The molecule has 3 aromatic rings. The molecule has 1 unspecified atom stereocenters. The van der Waals surface area contributed by atoms with Crippen LogP contribution < -0.4 is 4.74 Å². The molecule has 1 aliphatic heterocycles. The van der Waals surface area contributed by atoms with Crippen LogP contribution in [0.25, 0.3) is 5.76 Å². The Labute approximate surface area is 188 Å². The van der Waals surface area contributed by atoms with Gasteiger partial charge in [-0.2, -0.15) is 0 Å². The molecule has 1 amide bonds. The maximum absolute atomic E-state index is 13.0. The smallest absolute Gasteiger partial charge is 0.296 e. The fourth-order valence-electron chi connectivity index (χ4n) is 3.80. The van der Waals surface area contributed by atoms with Gasteiger partial charge in [0.15, 0.2) is 0 Å². The average molecular weight is 448 g/mol. The molecule has 2 aromatic carbocycles. The van der Waals surface area contributed by atoms with Gasteiger partial charge in [0.25, 0.3) is 17.4 Å². The number of hydrogen-bond acceptors (Lipinski definition) is 7. The van der Waals surface area contributed by atoms with E-state index in [9.17, 15) is 24.8 Å². The number of likely N-dealkylation sites (tertiary alicyclic amines) is 1. The number of non-ortho nitro benzene ring substituents is 1. The molecule has 9 nitrogen and oxygen atoms in total. The van der Waals surface area contributed by atoms with E-state index in [1.807, 2.05) is 6.92 Å². The van der Waals surface area contributed by atoms with Crippen LogP contribution in [0.1, 0.15) is 29.9 Å². The molecule has 168 valence electrons. The number of ketones is 1. The quantitative estimate of drug-likeness (QED) is 0.189. The lowest BCUT2D eigenvalue weighted by Crippen LogP contribution is -2.29. The molecule has 2 heterocycles.